The standard InChI is InChI=1S/C14H20N4O3/c19-9-18-12-5-13(20-7-10-1-3-15-10)14(17-6-12)21-8-11-2-4-16-11/h5-6,9-11,15-16H,1-4,7-8H2,(H,18,19)/t10-,11-/m1/s1. The summed E-state index contributed by atoms with van der Waals surface area (Å²) < 4.78 is 11.5. The number of carbonyl (C=O) groups excluding carboxylic acids is 1. The van der Waals surface area contributed by atoms with Crippen LogP contribution in [0, 0.1) is 0 Å². The Morgan fingerprint density at radius 1 is 1.24 bits per heavy atom. The van der Waals surface area contributed by atoms with Gasteiger partial charge in [0, 0.05) is 18.2 Å². The van der Waals surface area contributed by atoms with E-state index in [0.717, 1.165) is 25.9 Å². The van der Waals surface area contributed by atoms with E-state index in [1.807, 2.05) is 0 Å². The summed E-state index contributed by atoms with van der Waals surface area (Å²) in [5.74, 6) is 1.04. The van der Waals surface area contributed by atoms with Crippen molar-refractivity contribution in [1.82, 2.24) is 15.6 Å². The normalized spacial score (nSPS) is 23.6. The van der Waals surface area contributed by atoms with Gasteiger partial charge in [-0.2, -0.15) is 0 Å². The molecule has 1 aromatic rings. The van der Waals surface area contributed by atoms with Gasteiger partial charge in [0.25, 0.3) is 5.88 Å². The number of rotatable bonds is 8. The number of carbonyl (C=O) groups is 1. The van der Waals surface area contributed by atoms with E-state index in [1.165, 1.54) is 0 Å². The zero-order valence-electron chi connectivity index (χ0n) is 11.8. The molecular formula is C14H20N4O3. The van der Waals surface area contributed by atoms with Gasteiger partial charge in [-0.1, -0.05) is 0 Å². The largest absolute Gasteiger partial charge is 0.486 e. The highest BCUT2D eigenvalue weighted by atomic mass is 16.5. The molecule has 114 valence electrons. The Morgan fingerprint density at radius 3 is 2.48 bits per heavy atom. The molecule has 0 aromatic carbocycles. The quantitative estimate of drug-likeness (QED) is 0.591. The third-order valence-corrected chi connectivity index (χ3v) is 3.76. The highest BCUT2D eigenvalue weighted by Crippen LogP contribution is 2.28. The lowest BCUT2D eigenvalue weighted by Gasteiger charge is -2.29. The second-order valence-electron chi connectivity index (χ2n) is 5.29. The molecule has 2 aliphatic rings. The van der Waals surface area contributed by atoms with Crippen molar-refractivity contribution < 1.29 is 14.3 Å². The summed E-state index contributed by atoms with van der Waals surface area (Å²) >= 11 is 0. The Kier molecular flexibility index (Phi) is 4.52. The molecule has 0 aliphatic carbocycles. The molecule has 0 radical (unpaired) electrons. The summed E-state index contributed by atoms with van der Waals surface area (Å²) in [5.41, 5.74) is 0.593. The van der Waals surface area contributed by atoms with E-state index in [-0.39, 0.29) is 0 Å². The maximum atomic E-state index is 10.5. The fourth-order valence-electron chi connectivity index (χ4n) is 2.14. The lowest BCUT2D eigenvalue weighted by atomic mass is 10.1. The van der Waals surface area contributed by atoms with Crippen molar-refractivity contribution in [1.29, 1.82) is 0 Å². The Bertz CT molecular complexity index is 489. The summed E-state index contributed by atoms with van der Waals surface area (Å²) in [6.45, 7) is 3.23. The Hall–Kier alpha value is -1.86. The van der Waals surface area contributed by atoms with Crippen LogP contribution in [0.15, 0.2) is 12.3 Å². The van der Waals surface area contributed by atoms with Crippen LogP contribution in [0.2, 0.25) is 0 Å². The van der Waals surface area contributed by atoms with Crippen molar-refractivity contribution in [2.24, 2.45) is 0 Å². The molecule has 0 bridgehead atoms. The van der Waals surface area contributed by atoms with E-state index in [0.29, 0.717) is 49.0 Å². The zero-order chi connectivity index (χ0) is 14.5. The van der Waals surface area contributed by atoms with E-state index in [1.54, 1.807) is 12.3 Å². The topological polar surface area (TPSA) is 84.5 Å². The van der Waals surface area contributed by atoms with Crippen molar-refractivity contribution in [2.75, 3.05) is 31.6 Å². The van der Waals surface area contributed by atoms with Crippen LogP contribution in [-0.2, 0) is 4.79 Å². The van der Waals surface area contributed by atoms with Gasteiger partial charge in [0.1, 0.15) is 13.2 Å². The van der Waals surface area contributed by atoms with Crippen LogP contribution in [0.5, 0.6) is 11.6 Å². The van der Waals surface area contributed by atoms with Gasteiger partial charge in [0.2, 0.25) is 6.41 Å². The van der Waals surface area contributed by atoms with Crippen LogP contribution in [0.3, 0.4) is 0 Å². The van der Waals surface area contributed by atoms with Crippen molar-refractivity contribution >= 4 is 12.1 Å². The minimum absolute atomic E-state index is 0.383. The maximum absolute atomic E-state index is 10.5. The van der Waals surface area contributed by atoms with Crippen molar-refractivity contribution in [3.8, 4) is 11.6 Å². The van der Waals surface area contributed by atoms with E-state index >= 15 is 0 Å². The van der Waals surface area contributed by atoms with Gasteiger partial charge >= 0.3 is 0 Å². The first kappa shape index (κ1) is 14.1. The fraction of sp³-hybridized carbons (Fsp3) is 0.571. The third-order valence-electron chi connectivity index (χ3n) is 3.76. The lowest BCUT2D eigenvalue weighted by Crippen LogP contribution is -2.47. The van der Waals surface area contributed by atoms with Crippen molar-refractivity contribution in [3.05, 3.63) is 12.3 Å². The monoisotopic (exact) mass is 292 g/mol. The van der Waals surface area contributed by atoms with Gasteiger partial charge < -0.3 is 25.4 Å². The van der Waals surface area contributed by atoms with E-state index in [4.69, 9.17) is 9.47 Å². The molecule has 1 aromatic heterocycles. The van der Waals surface area contributed by atoms with Crippen LogP contribution < -0.4 is 25.4 Å². The minimum atomic E-state index is 0.383. The molecule has 2 aliphatic heterocycles. The summed E-state index contributed by atoms with van der Waals surface area (Å²) in [5, 5.41) is 9.12. The van der Waals surface area contributed by atoms with Crippen LogP contribution in [0.25, 0.3) is 0 Å². The number of hydrogen-bond donors (Lipinski definition) is 3. The zero-order valence-corrected chi connectivity index (χ0v) is 11.8. The number of amides is 1. The van der Waals surface area contributed by atoms with Gasteiger partial charge in [0.05, 0.1) is 11.9 Å². The smallest absolute Gasteiger partial charge is 0.257 e. The lowest BCUT2D eigenvalue weighted by molar-refractivity contribution is -0.105. The van der Waals surface area contributed by atoms with Crippen LogP contribution in [-0.4, -0.2) is 49.8 Å². The Balaban J connectivity index is 1.63. The van der Waals surface area contributed by atoms with Gasteiger partial charge in [-0.05, 0) is 25.9 Å². The molecular weight excluding hydrogens is 272 g/mol. The summed E-state index contributed by atoms with van der Waals surface area (Å²) in [6.07, 6.45) is 4.41. The predicted molar refractivity (Wildman–Crippen MR) is 77.7 cm³/mol. The van der Waals surface area contributed by atoms with Crippen LogP contribution >= 0.6 is 0 Å². The average molecular weight is 292 g/mol. The molecule has 0 unspecified atom stereocenters. The molecule has 1 amide bonds. The maximum Gasteiger partial charge on any atom is 0.257 e. The molecule has 2 saturated heterocycles. The Morgan fingerprint density at radius 2 is 1.90 bits per heavy atom. The molecule has 3 rings (SSSR count). The number of hydrogen-bond acceptors (Lipinski definition) is 6. The summed E-state index contributed by atoms with van der Waals surface area (Å²) in [4.78, 5) is 14.8. The first-order valence-corrected chi connectivity index (χ1v) is 7.28. The number of anilines is 1. The third kappa shape index (κ3) is 3.62. The molecule has 0 saturated carbocycles. The second-order valence-corrected chi connectivity index (χ2v) is 5.29. The predicted octanol–water partition coefficient (Wildman–Crippen LogP) is 0.131. The molecule has 21 heavy (non-hydrogen) atoms. The number of ether oxygens (including phenoxy) is 2. The fourth-order valence-corrected chi connectivity index (χ4v) is 2.14. The SMILES string of the molecule is O=CNc1cnc(OC[C@H]2CCN2)c(OC[C@H]2CCN2)c1. The first-order chi connectivity index (χ1) is 10.3. The average Bonchev–Trinajstić information content (AvgIpc) is 2.37. The number of nitrogens with one attached hydrogen (secondary N) is 3. The first-order valence-electron chi connectivity index (χ1n) is 7.28. The van der Waals surface area contributed by atoms with Crippen LogP contribution in [0.4, 0.5) is 5.69 Å². The van der Waals surface area contributed by atoms with Gasteiger partial charge in [-0.15, -0.1) is 0 Å². The minimum Gasteiger partial charge on any atom is -0.486 e. The highest BCUT2D eigenvalue weighted by molar-refractivity contribution is 5.71. The molecule has 2 fully saturated rings. The molecule has 0 spiro atoms. The molecule has 7 heteroatoms. The number of aromatic nitrogens is 1. The van der Waals surface area contributed by atoms with E-state index < -0.39 is 0 Å². The van der Waals surface area contributed by atoms with E-state index in [9.17, 15) is 4.79 Å². The van der Waals surface area contributed by atoms with Crippen molar-refractivity contribution in [2.45, 2.75) is 24.9 Å². The molecule has 3 N–H and O–H groups in total. The van der Waals surface area contributed by atoms with E-state index in [2.05, 4.69) is 20.9 Å². The molecule has 3 heterocycles. The molecule has 7 nitrogen and oxygen atoms in total. The van der Waals surface area contributed by atoms with Crippen LogP contribution in [0.1, 0.15) is 12.8 Å². The second kappa shape index (κ2) is 6.73. The number of pyridine rings is 1. The Labute approximate surface area is 123 Å². The summed E-state index contributed by atoms with van der Waals surface area (Å²) in [6, 6.07) is 2.51. The molecule has 2 atom stereocenters. The van der Waals surface area contributed by atoms with Crippen molar-refractivity contribution in [3.63, 3.8) is 0 Å². The van der Waals surface area contributed by atoms with Gasteiger partial charge in [0.15, 0.2) is 5.75 Å². The number of nitrogens with zero attached hydrogens (tertiary/aromatic N) is 1. The highest BCUT2D eigenvalue weighted by Gasteiger charge is 2.20. The van der Waals surface area contributed by atoms with Gasteiger partial charge in [-0.25, -0.2) is 4.98 Å². The summed E-state index contributed by atoms with van der Waals surface area (Å²) in [7, 11) is 0. The van der Waals surface area contributed by atoms with Gasteiger partial charge in [-0.3, -0.25) is 4.79 Å².